The van der Waals surface area contributed by atoms with Crippen molar-refractivity contribution < 1.29 is 9.53 Å². The van der Waals surface area contributed by atoms with Gasteiger partial charge in [0.1, 0.15) is 16.8 Å². The van der Waals surface area contributed by atoms with E-state index in [2.05, 4.69) is 40.6 Å². The molecule has 5 rings (SSSR count). The van der Waals surface area contributed by atoms with Crippen molar-refractivity contribution in [2.75, 3.05) is 18.5 Å². The number of carbonyl (C=O) groups is 1. The van der Waals surface area contributed by atoms with E-state index in [1.54, 1.807) is 0 Å². The molecule has 0 bridgehead atoms. The molecule has 0 radical (unpaired) electrons. The number of nitrogens with zero attached hydrogens (tertiary/aromatic N) is 2. The van der Waals surface area contributed by atoms with Gasteiger partial charge in [0.2, 0.25) is 0 Å². The fraction of sp³-hybridized carbons (Fsp3) is 0.185. The van der Waals surface area contributed by atoms with E-state index in [1.807, 2.05) is 48.5 Å². The number of thiophene rings is 1. The van der Waals surface area contributed by atoms with E-state index in [-0.39, 0.29) is 24.9 Å². The number of ether oxygens (including phenoxy) is 1. The minimum Gasteiger partial charge on any atom is -0.484 e. The zero-order valence-electron chi connectivity index (χ0n) is 18.5. The molecule has 1 aliphatic heterocycles. The maximum absolute atomic E-state index is 12.6. The Kier molecular flexibility index (Phi) is 7.49. The summed E-state index contributed by atoms with van der Waals surface area (Å²) < 4.78 is 5.71. The van der Waals surface area contributed by atoms with Gasteiger partial charge in [-0.05, 0) is 40.5 Å². The summed E-state index contributed by atoms with van der Waals surface area (Å²) in [6.45, 7) is 2.45. The van der Waals surface area contributed by atoms with Crippen LogP contribution >= 0.6 is 23.7 Å². The van der Waals surface area contributed by atoms with Crippen molar-refractivity contribution in [3.63, 3.8) is 0 Å². The van der Waals surface area contributed by atoms with Crippen LogP contribution in [0, 0.1) is 11.3 Å². The van der Waals surface area contributed by atoms with E-state index in [9.17, 15) is 10.1 Å². The third kappa shape index (κ3) is 5.23. The molecule has 0 aliphatic carbocycles. The molecular formula is C27H24ClN3O2S. The number of halogens is 1. The van der Waals surface area contributed by atoms with E-state index < -0.39 is 0 Å². The van der Waals surface area contributed by atoms with Crippen LogP contribution in [-0.2, 0) is 24.3 Å². The van der Waals surface area contributed by atoms with E-state index in [4.69, 9.17) is 4.74 Å². The molecule has 7 heteroatoms. The highest BCUT2D eigenvalue weighted by Crippen LogP contribution is 2.37. The molecule has 1 aliphatic rings. The SMILES string of the molecule is Cl.N#Cc1c(NC(=O)COc2ccc3ccccc3c2)sc2c1CCN(Cc1ccccc1)C2. The minimum atomic E-state index is -0.264. The predicted octanol–water partition coefficient (Wildman–Crippen LogP) is 5.77. The maximum Gasteiger partial charge on any atom is 0.262 e. The van der Waals surface area contributed by atoms with Crippen molar-refractivity contribution in [2.45, 2.75) is 19.5 Å². The van der Waals surface area contributed by atoms with Crippen LogP contribution < -0.4 is 10.1 Å². The Morgan fingerprint density at radius 1 is 1.06 bits per heavy atom. The summed E-state index contributed by atoms with van der Waals surface area (Å²) in [4.78, 5) is 16.1. The van der Waals surface area contributed by atoms with Gasteiger partial charge in [0.25, 0.3) is 5.91 Å². The van der Waals surface area contributed by atoms with Crippen LogP contribution in [-0.4, -0.2) is 24.0 Å². The first-order chi connectivity index (χ1) is 16.2. The number of hydrogen-bond donors (Lipinski definition) is 1. The molecule has 0 saturated carbocycles. The number of fused-ring (bicyclic) bond motifs is 2. The van der Waals surface area contributed by atoms with E-state index in [1.165, 1.54) is 16.9 Å². The van der Waals surface area contributed by atoms with Crippen molar-refractivity contribution in [3.8, 4) is 11.8 Å². The summed E-state index contributed by atoms with van der Waals surface area (Å²) in [5, 5.41) is 15.5. The summed E-state index contributed by atoms with van der Waals surface area (Å²) >= 11 is 1.50. The molecule has 0 spiro atoms. The molecule has 1 amide bonds. The van der Waals surface area contributed by atoms with Gasteiger partial charge in [-0.25, -0.2) is 0 Å². The second-order valence-electron chi connectivity index (χ2n) is 8.11. The Balaban J connectivity index is 0.00000274. The van der Waals surface area contributed by atoms with Crippen molar-refractivity contribution in [2.24, 2.45) is 0 Å². The van der Waals surface area contributed by atoms with Gasteiger partial charge in [0.15, 0.2) is 6.61 Å². The number of rotatable bonds is 6. The first-order valence-corrected chi connectivity index (χ1v) is 11.7. The van der Waals surface area contributed by atoms with Gasteiger partial charge in [-0.1, -0.05) is 60.7 Å². The number of nitriles is 1. The van der Waals surface area contributed by atoms with Crippen LogP contribution in [0.15, 0.2) is 72.8 Å². The van der Waals surface area contributed by atoms with E-state index in [0.29, 0.717) is 16.3 Å². The lowest BCUT2D eigenvalue weighted by Crippen LogP contribution is -2.29. The predicted molar refractivity (Wildman–Crippen MR) is 139 cm³/mol. The van der Waals surface area contributed by atoms with Crippen LogP contribution in [0.5, 0.6) is 5.75 Å². The lowest BCUT2D eigenvalue weighted by atomic mass is 10.0. The molecule has 2 heterocycles. The molecule has 3 aromatic carbocycles. The van der Waals surface area contributed by atoms with Crippen molar-refractivity contribution in [1.29, 1.82) is 5.26 Å². The average Bonchev–Trinajstić information content (AvgIpc) is 3.19. The molecule has 0 saturated heterocycles. The zero-order valence-corrected chi connectivity index (χ0v) is 20.1. The summed E-state index contributed by atoms with van der Waals surface area (Å²) in [7, 11) is 0. The van der Waals surface area contributed by atoms with Crippen molar-refractivity contribution in [1.82, 2.24) is 4.90 Å². The Morgan fingerprint density at radius 2 is 1.82 bits per heavy atom. The molecule has 5 nitrogen and oxygen atoms in total. The maximum atomic E-state index is 12.6. The van der Waals surface area contributed by atoms with Crippen LogP contribution in [0.2, 0.25) is 0 Å². The van der Waals surface area contributed by atoms with Gasteiger partial charge in [-0.15, -0.1) is 23.7 Å². The molecule has 0 fully saturated rings. The normalized spacial score (nSPS) is 12.9. The third-order valence-corrected chi connectivity index (χ3v) is 6.97. The van der Waals surface area contributed by atoms with Crippen LogP contribution in [0.4, 0.5) is 5.00 Å². The lowest BCUT2D eigenvalue weighted by molar-refractivity contribution is -0.118. The number of anilines is 1. The highest BCUT2D eigenvalue weighted by Gasteiger charge is 2.25. The average molecular weight is 490 g/mol. The molecule has 4 aromatic rings. The van der Waals surface area contributed by atoms with E-state index >= 15 is 0 Å². The molecular weight excluding hydrogens is 466 g/mol. The highest BCUT2D eigenvalue weighted by molar-refractivity contribution is 7.16. The second kappa shape index (κ2) is 10.7. The Labute approximate surface area is 209 Å². The van der Waals surface area contributed by atoms with Gasteiger partial charge < -0.3 is 10.1 Å². The molecule has 0 unspecified atom stereocenters. The topological polar surface area (TPSA) is 65.4 Å². The second-order valence-corrected chi connectivity index (χ2v) is 9.22. The van der Waals surface area contributed by atoms with Gasteiger partial charge in [-0.2, -0.15) is 5.26 Å². The third-order valence-electron chi connectivity index (χ3n) is 5.84. The monoisotopic (exact) mass is 489 g/mol. The molecule has 1 N–H and O–H groups in total. The highest BCUT2D eigenvalue weighted by atomic mass is 35.5. The molecule has 1 aromatic heterocycles. The van der Waals surface area contributed by atoms with Gasteiger partial charge in [-0.3, -0.25) is 9.69 Å². The largest absolute Gasteiger partial charge is 0.484 e. The van der Waals surface area contributed by atoms with Gasteiger partial charge >= 0.3 is 0 Å². The first-order valence-electron chi connectivity index (χ1n) is 10.9. The summed E-state index contributed by atoms with van der Waals surface area (Å²) in [5.74, 6) is 0.380. The number of amides is 1. The summed E-state index contributed by atoms with van der Waals surface area (Å²) in [5.41, 5.74) is 2.93. The van der Waals surface area contributed by atoms with Crippen LogP contribution in [0.1, 0.15) is 21.6 Å². The number of benzene rings is 3. The number of carbonyl (C=O) groups excluding carboxylic acids is 1. The van der Waals surface area contributed by atoms with Crippen molar-refractivity contribution >= 4 is 45.4 Å². The first kappa shape index (κ1) is 23.8. The van der Waals surface area contributed by atoms with Crippen molar-refractivity contribution in [3.05, 3.63) is 94.4 Å². The minimum absolute atomic E-state index is 0. The molecule has 34 heavy (non-hydrogen) atoms. The summed E-state index contributed by atoms with van der Waals surface area (Å²) in [6, 6.07) is 26.5. The lowest BCUT2D eigenvalue weighted by Gasteiger charge is -2.26. The number of hydrogen-bond acceptors (Lipinski definition) is 5. The quantitative estimate of drug-likeness (QED) is 0.373. The van der Waals surface area contributed by atoms with Crippen LogP contribution in [0.3, 0.4) is 0 Å². The zero-order chi connectivity index (χ0) is 22.6. The number of nitrogens with one attached hydrogen (secondary N) is 1. The molecule has 172 valence electrons. The Bertz CT molecular complexity index is 1350. The van der Waals surface area contributed by atoms with Gasteiger partial charge in [0.05, 0.1) is 5.56 Å². The Hall–Kier alpha value is -3.37. The Morgan fingerprint density at radius 3 is 2.62 bits per heavy atom. The fourth-order valence-corrected chi connectivity index (χ4v) is 5.46. The van der Waals surface area contributed by atoms with Crippen LogP contribution in [0.25, 0.3) is 10.8 Å². The van der Waals surface area contributed by atoms with Gasteiger partial charge in [0, 0.05) is 24.5 Å². The summed E-state index contributed by atoms with van der Waals surface area (Å²) in [6.07, 6.45) is 0.811. The van der Waals surface area contributed by atoms with E-state index in [0.717, 1.165) is 47.3 Å². The standard InChI is InChI=1S/C27H23N3O2S.ClH/c28-15-24-23-12-13-30(16-19-6-2-1-3-7-19)17-25(23)33-27(24)29-26(31)18-32-22-11-10-20-8-4-5-9-21(20)14-22;/h1-11,14H,12-13,16-18H2,(H,29,31);1H. The smallest absolute Gasteiger partial charge is 0.262 e. The molecule has 0 atom stereocenters. The fourth-order valence-electron chi connectivity index (χ4n) is 4.21.